The first-order chi connectivity index (χ1) is 11.8. The molecule has 0 saturated heterocycles. The van der Waals surface area contributed by atoms with Crippen molar-refractivity contribution in [2.24, 2.45) is 0 Å². The van der Waals surface area contributed by atoms with Gasteiger partial charge in [0.15, 0.2) is 0 Å². The Balaban J connectivity index is 2.91. The first-order valence-electron chi connectivity index (χ1n) is 8.94. The molecule has 0 N–H and O–H groups in total. The molecule has 0 saturated carbocycles. The minimum absolute atomic E-state index is 0.0647. The number of carbonyl (C=O) groups excluding carboxylic acids is 2. The summed E-state index contributed by atoms with van der Waals surface area (Å²) in [7, 11) is 1.56. The molecule has 140 valence electrons. The van der Waals surface area contributed by atoms with E-state index in [9.17, 15) is 9.59 Å². The number of ether oxygens (including phenoxy) is 2. The Hall–Kier alpha value is -1.88. The van der Waals surface area contributed by atoms with E-state index in [0.717, 1.165) is 24.0 Å². The number of amides is 1. The third-order valence-electron chi connectivity index (χ3n) is 4.18. The van der Waals surface area contributed by atoms with E-state index in [-0.39, 0.29) is 31.2 Å². The summed E-state index contributed by atoms with van der Waals surface area (Å²) >= 11 is 0. The summed E-state index contributed by atoms with van der Waals surface area (Å²) in [4.78, 5) is 26.6. The number of carbonyl (C=O) groups is 2. The van der Waals surface area contributed by atoms with Gasteiger partial charge in [0.25, 0.3) is 5.91 Å². The fraction of sp³-hybridized carbons (Fsp3) is 0.600. The Morgan fingerprint density at radius 1 is 1.04 bits per heavy atom. The second-order valence-corrected chi connectivity index (χ2v) is 6.50. The first-order valence-corrected chi connectivity index (χ1v) is 8.94. The zero-order valence-electron chi connectivity index (χ0n) is 16.3. The molecule has 0 aliphatic carbocycles. The zero-order valence-corrected chi connectivity index (χ0v) is 16.3. The van der Waals surface area contributed by atoms with E-state index in [1.807, 2.05) is 32.9 Å². The highest BCUT2D eigenvalue weighted by Gasteiger charge is 2.23. The van der Waals surface area contributed by atoms with Crippen molar-refractivity contribution in [2.45, 2.75) is 59.6 Å². The summed E-state index contributed by atoms with van der Waals surface area (Å²) in [5.74, 6) is -0.565. The molecule has 1 rings (SSSR count). The van der Waals surface area contributed by atoms with E-state index in [2.05, 4.69) is 19.9 Å². The quantitative estimate of drug-likeness (QED) is 0.642. The Morgan fingerprint density at radius 3 is 2.04 bits per heavy atom. The van der Waals surface area contributed by atoms with Crippen molar-refractivity contribution in [3.8, 4) is 0 Å². The van der Waals surface area contributed by atoms with Gasteiger partial charge in [0.05, 0.1) is 6.10 Å². The van der Waals surface area contributed by atoms with E-state index in [1.54, 1.807) is 12.0 Å². The van der Waals surface area contributed by atoms with Crippen molar-refractivity contribution in [1.29, 1.82) is 0 Å². The summed E-state index contributed by atoms with van der Waals surface area (Å²) in [5, 5.41) is 0. The standard InChI is InChI=1S/C20H31NO4/c1-7-16-9-17(8-2)11-18(10-16)20(23)21(14(3)4)12-19(22)25-13-15(5)24-6/h9-11,14-15H,7-8,12-13H2,1-6H3. The molecule has 5 heteroatoms. The summed E-state index contributed by atoms with van der Waals surface area (Å²) in [6.07, 6.45) is 1.57. The van der Waals surface area contributed by atoms with Crippen LogP contribution in [0.3, 0.4) is 0 Å². The molecule has 1 aromatic carbocycles. The van der Waals surface area contributed by atoms with Crippen LogP contribution in [0.25, 0.3) is 0 Å². The van der Waals surface area contributed by atoms with Gasteiger partial charge >= 0.3 is 5.97 Å². The van der Waals surface area contributed by atoms with Crippen LogP contribution < -0.4 is 0 Å². The smallest absolute Gasteiger partial charge is 0.325 e. The van der Waals surface area contributed by atoms with Gasteiger partial charge in [0, 0.05) is 18.7 Å². The summed E-state index contributed by atoms with van der Waals surface area (Å²) in [5.41, 5.74) is 2.88. The van der Waals surface area contributed by atoms with Gasteiger partial charge in [-0.3, -0.25) is 9.59 Å². The molecule has 1 aromatic rings. The maximum absolute atomic E-state index is 12.9. The van der Waals surface area contributed by atoms with Crippen LogP contribution in [0.4, 0.5) is 0 Å². The van der Waals surface area contributed by atoms with E-state index in [0.29, 0.717) is 5.56 Å². The van der Waals surface area contributed by atoms with Crippen molar-refractivity contribution in [2.75, 3.05) is 20.3 Å². The van der Waals surface area contributed by atoms with Crippen molar-refractivity contribution >= 4 is 11.9 Å². The molecule has 0 radical (unpaired) electrons. The predicted molar refractivity (Wildman–Crippen MR) is 98.8 cm³/mol. The third kappa shape index (κ3) is 6.50. The number of hydrogen-bond acceptors (Lipinski definition) is 4. The van der Waals surface area contributed by atoms with E-state index >= 15 is 0 Å². The molecule has 5 nitrogen and oxygen atoms in total. The van der Waals surface area contributed by atoms with Gasteiger partial charge in [-0.25, -0.2) is 0 Å². The lowest BCUT2D eigenvalue weighted by atomic mass is 10.0. The minimum Gasteiger partial charge on any atom is -0.462 e. The van der Waals surface area contributed by atoms with Crippen LogP contribution in [-0.4, -0.2) is 49.2 Å². The third-order valence-corrected chi connectivity index (χ3v) is 4.18. The van der Waals surface area contributed by atoms with Crippen LogP contribution in [0.2, 0.25) is 0 Å². The van der Waals surface area contributed by atoms with Gasteiger partial charge in [-0.15, -0.1) is 0 Å². The van der Waals surface area contributed by atoms with Crippen molar-refractivity contribution in [3.05, 3.63) is 34.9 Å². The van der Waals surface area contributed by atoms with Crippen molar-refractivity contribution in [1.82, 2.24) is 4.90 Å². The summed E-state index contributed by atoms with van der Waals surface area (Å²) in [6, 6.07) is 5.84. The topological polar surface area (TPSA) is 55.8 Å². The number of nitrogens with zero attached hydrogens (tertiary/aromatic N) is 1. The molecule has 0 aromatic heterocycles. The fourth-order valence-corrected chi connectivity index (χ4v) is 2.41. The Bertz CT molecular complexity index is 561. The first kappa shape index (κ1) is 21.2. The summed E-state index contributed by atoms with van der Waals surface area (Å²) < 4.78 is 10.3. The van der Waals surface area contributed by atoms with Gasteiger partial charge in [0.1, 0.15) is 13.2 Å². The number of aryl methyl sites for hydroxylation is 2. The normalized spacial score (nSPS) is 12.1. The molecule has 25 heavy (non-hydrogen) atoms. The van der Waals surface area contributed by atoms with Crippen LogP contribution >= 0.6 is 0 Å². The molecular weight excluding hydrogens is 318 g/mol. The second-order valence-electron chi connectivity index (χ2n) is 6.50. The molecule has 1 amide bonds. The lowest BCUT2D eigenvalue weighted by Crippen LogP contribution is -2.41. The SMILES string of the molecule is CCc1cc(CC)cc(C(=O)N(CC(=O)OCC(C)OC)C(C)C)c1. The van der Waals surface area contributed by atoms with Crippen LogP contribution in [-0.2, 0) is 27.1 Å². The number of benzene rings is 1. The van der Waals surface area contributed by atoms with Crippen molar-refractivity contribution in [3.63, 3.8) is 0 Å². The fourth-order valence-electron chi connectivity index (χ4n) is 2.41. The maximum atomic E-state index is 12.9. The Morgan fingerprint density at radius 2 is 1.60 bits per heavy atom. The Labute approximate surface area is 151 Å². The minimum atomic E-state index is -0.423. The zero-order chi connectivity index (χ0) is 19.0. The van der Waals surface area contributed by atoms with Gasteiger partial charge in [0.2, 0.25) is 0 Å². The highest BCUT2D eigenvalue weighted by Crippen LogP contribution is 2.15. The van der Waals surface area contributed by atoms with Gasteiger partial charge in [-0.1, -0.05) is 19.9 Å². The molecule has 0 fully saturated rings. The molecule has 0 aliphatic rings. The van der Waals surface area contributed by atoms with E-state index < -0.39 is 5.97 Å². The monoisotopic (exact) mass is 349 g/mol. The van der Waals surface area contributed by atoms with Crippen LogP contribution in [0.1, 0.15) is 56.1 Å². The average molecular weight is 349 g/mol. The van der Waals surface area contributed by atoms with E-state index in [4.69, 9.17) is 9.47 Å². The molecule has 0 heterocycles. The Kier molecular flexibility index (Phi) is 8.62. The van der Waals surface area contributed by atoms with Crippen LogP contribution in [0, 0.1) is 0 Å². The average Bonchev–Trinajstić information content (AvgIpc) is 2.62. The van der Waals surface area contributed by atoms with Crippen molar-refractivity contribution < 1.29 is 19.1 Å². The van der Waals surface area contributed by atoms with E-state index in [1.165, 1.54) is 0 Å². The molecule has 0 spiro atoms. The second kappa shape index (κ2) is 10.2. The molecule has 1 unspecified atom stereocenters. The van der Waals surface area contributed by atoms with Gasteiger partial charge < -0.3 is 14.4 Å². The molecule has 0 aliphatic heterocycles. The molecular formula is C20H31NO4. The highest BCUT2D eigenvalue weighted by molar-refractivity contribution is 5.96. The number of rotatable bonds is 9. The van der Waals surface area contributed by atoms with Crippen LogP contribution in [0.15, 0.2) is 18.2 Å². The predicted octanol–water partition coefficient (Wildman–Crippen LogP) is 3.24. The maximum Gasteiger partial charge on any atom is 0.325 e. The lowest BCUT2D eigenvalue weighted by Gasteiger charge is -2.26. The summed E-state index contributed by atoms with van der Waals surface area (Å²) in [6.45, 7) is 9.86. The van der Waals surface area contributed by atoms with Crippen LogP contribution in [0.5, 0.6) is 0 Å². The highest BCUT2D eigenvalue weighted by atomic mass is 16.6. The van der Waals surface area contributed by atoms with Gasteiger partial charge in [-0.05, 0) is 56.9 Å². The lowest BCUT2D eigenvalue weighted by molar-refractivity contribution is -0.147. The number of methoxy groups -OCH3 is 1. The molecule has 1 atom stereocenters. The largest absolute Gasteiger partial charge is 0.462 e. The number of hydrogen-bond donors (Lipinski definition) is 0. The number of esters is 1. The van der Waals surface area contributed by atoms with Gasteiger partial charge in [-0.2, -0.15) is 0 Å². The molecule has 0 bridgehead atoms.